The first kappa shape index (κ1) is 16.0. The molecule has 1 aliphatic rings. The smallest absolute Gasteiger partial charge is 0.326 e. The van der Waals surface area contributed by atoms with Crippen LogP contribution in [-0.2, 0) is 9.59 Å². The molecule has 1 rings (SSSR count). The molecule has 20 heavy (non-hydrogen) atoms. The van der Waals surface area contributed by atoms with E-state index in [0.717, 1.165) is 25.7 Å². The molecule has 7 nitrogen and oxygen atoms in total. The van der Waals surface area contributed by atoms with Gasteiger partial charge < -0.3 is 21.5 Å². The number of nitrogens with two attached hydrogens (primary N) is 1. The van der Waals surface area contributed by atoms with E-state index < -0.39 is 23.9 Å². The van der Waals surface area contributed by atoms with Gasteiger partial charge in [0.05, 0.1) is 0 Å². The van der Waals surface area contributed by atoms with Gasteiger partial charge in [0, 0.05) is 13.0 Å². The number of hydrogen-bond acceptors (Lipinski definition) is 3. The van der Waals surface area contributed by atoms with E-state index >= 15 is 0 Å². The predicted molar refractivity (Wildman–Crippen MR) is 72.9 cm³/mol. The van der Waals surface area contributed by atoms with E-state index in [1.54, 1.807) is 0 Å². The number of hydrogen-bond donors (Lipinski definition) is 4. The predicted octanol–water partition coefficient (Wildman–Crippen LogP) is 0.505. The first-order chi connectivity index (χ1) is 9.49. The molecule has 0 radical (unpaired) electrons. The van der Waals surface area contributed by atoms with Crippen molar-refractivity contribution in [2.75, 3.05) is 6.54 Å². The van der Waals surface area contributed by atoms with Crippen LogP contribution >= 0.6 is 0 Å². The molecule has 0 bridgehead atoms. The third-order valence-electron chi connectivity index (χ3n) is 3.15. The molecule has 0 aliphatic heterocycles. The molecule has 0 heterocycles. The zero-order chi connectivity index (χ0) is 15.0. The molecule has 0 spiro atoms. The van der Waals surface area contributed by atoms with Crippen LogP contribution in [0, 0.1) is 0 Å². The summed E-state index contributed by atoms with van der Waals surface area (Å²) in [5, 5.41) is 13.9. The van der Waals surface area contributed by atoms with E-state index in [2.05, 4.69) is 16.7 Å². The molecule has 1 atom stereocenters. The Morgan fingerprint density at radius 3 is 2.70 bits per heavy atom. The van der Waals surface area contributed by atoms with Crippen LogP contribution in [0.3, 0.4) is 0 Å². The normalized spacial score (nSPS) is 15.3. The Bertz CT molecular complexity index is 406. The Hall–Kier alpha value is -2.05. The van der Waals surface area contributed by atoms with Crippen molar-refractivity contribution in [3.8, 4) is 0 Å². The summed E-state index contributed by atoms with van der Waals surface area (Å²) in [5.74, 6) is -1.77. The number of nitrogens with one attached hydrogen (secondary N) is 2. The van der Waals surface area contributed by atoms with Crippen LogP contribution in [0.2, 0.25) is 0 Å². The van der Waals surface area contributed by atoms with Crippen molar-refractivity contribution in [2.45, 2.75) is 44.6 Å². The van der Waals surface area contributed by atoms with Gasteiger partial charge in [-0.15, -0.1) is 0 Å². The Kier molecular flexibility index (Phi) is 6.55. The summed E-state index contributed by atoms with van der Waals surface area (Å²) >= 11 is 0. The van der Waals surface area contributed by atoms with Crippen molar-refractivity contribution in [1.82, 2.24) is 10.6 Å². The summed E-state index contributed by atoms with van der Waals surface area (Å²) in [4.78, 5) is 33.1. The van der Waals surface area contributed by atoms with Gasteiger partial charge in [0.15, 0.2) is 0 Å². The molecule has 3 amide bonds. The number of carboxylic acid groups (broad SMARTS) is 1. The highest BCUT2D eigenvalue weighted by molar-refractivity contribution is 5.83. The van der Waals surface area contributed by atoms with Crippen LogP contribution in [0.15, 0.2) is 11.6 Å². The third kappa shape index (κ3) is 6.21. The van der Waals surface area contributed by atoms with Crippen LogP contribution in [0.1, 0.15) is 38.5 Å². The van der Waals surface area contributed by atoms with Crippen molar-refractivity contribution < 1.29 is 19.5 Å². The number of carbonyl (C=O) groups is 3. The summed E-state index contributed by atoms with van der Waals surface area (Å²) in [7, 11) is 0. The van der Waals surface area contributed by atoms with Crippen molar-refractivity contribution in [1.29, 1.82) is 0 Å². The minimum Gasteiger partial charge on any atom is -0.480 e. The maximum absolute atomic E-state index is 11.6. The first-order valence-electron chi connectivity index (χ1n) is 6.72. The highest BCUT2D eigenvalue weighted by Gasteiger charge is 2.20. The van der Waals surface area contributed by atoms with E-state index in [4.69, 9.17) is 10.8 Å². The van der Waals surface area contributed by atoms with Gasteiger partial charge in [0.2, 0.25) is 5.91 Å². The number of primary amides is 1. The fourth-order valence-corrected chi connectivity index (χ4v) is 2.05. The molecule has 112 valence electrons. The van der Waals surface area contributed by atoms with Gasteiger partial charge in [-0.05, 0) is 32.1 Å². The fraction of sp³-hybridized carbons (Fsp3) is 0.615. The monoisotopic (exact) mass is 283 g/mol. The van der Waals surface area contributed by atoms with Crippen molar-refractivity contribution in [2.24, 2.45) is 5.73 Å². The van der Waals surface area contributed by atoms with Crippen molar-refractivity contribution in [3.63, 3.8) is 0 Å². The molecule has 1 aliphatic carbocycles. The Morgan fingerprint density at radius 1 is 1.40 bits per heavy atom. The lowest BCUT2D eigenvalue weighted by Gasteiger charge is -2.14. The topological polar surface area (TPSA) is 122 Å². The molecule has 0 aromatic rings. The standard InChI is InChI=1S/C13H21N3O4/c14-11(17)6-5-10(12(18)19)16-13(20)15-8-7-9-3-1-2-4-9/h3,10H,1-2,4-8H2,(H2,14,17)(H,18,19)(H2,15,16,20)/t10-/m1/s1. The van der Waals surface area contributed by atoms with Crippen LogP contribution in [-0.4, -0.2) is 35.6 Å². The van der Waals surface area contributed by atoms with Gasteiger partial charge in [-0.3, -0.25) is 4.79 Å². The molecule has 7 heteroatoms. The summed E-state index contributed by atoms with van der Waals surface area (Å²) in [6, 6.07) is -1.64. The maximum Gasteiger partial charge on any atom is 0.326 e. The van der Waals surface area contributed by atoms with Gasteiger partial charge in [-0.2, -0.15) is 0 Å². The van der Waals surface area contributed by atoms with E-state index in [9.17, 15) is 14.4 Å². The largest absolute Gasteiger partial charge is 0.480 e. The minimum absolute atomic E-state index is 0.0107. The van der Waals surface area contributed by atoms with Gasteiger partial charge in [-0.1, -0.05) is 11.6 Å². The lowest BCUT2D eigenvalue weighted by molar-refractivity contribution is -0.139. The molecule has 0 fully saturated rings. The summed E-state index contributed by atoms with van der Waals surface area (Å²) < 4.78 is 0. The quantitative estimate of drug-likeness (QED) is 0.485. The van der Waals surface area contributed by atoms with E-state index in [1.807, 2.05) is 0 Å². The van der Waals surface area contributed by atoms with Crippen LogP contribution in [0.25, 0.3) is 0 Å². The van der Waals surface area contributed by atoms with Gasteiger partial charge in [0.25, 0.3) is 0 Å². The molecule has 0 saturated heterocycles. The average Bonchev–Trinajstić information content (AvgIpc) is 2.87. The van der Waals surface area contributed by atoms with Crippen LogP contribution in [0.4, 0.5) is 4.79 Å². The second kappa shape index (κ2) is 8.19. The number of allylic oxidation sites excluding steroid dienone is 1. The highest BCUT2D eigenvalue weighted by atomic mass is 16.4. The number of carboxylic acids is 1. The van der Waals surface area contributed by atoms with E-state index in [-0.39, 0.29) is 12.8 Å². The van der Waals surface area contributed by atoms with Gasteiger partial charge >= 0.3 is 12.0 Å². The fourth-order valence-electron chi connectivity index (χ4n) is 2.05. The third-order valence-corrected chi connectivity index (χ3v) is 3.15. The molecule has 0 aromatic carbocycles. The number of amides is 3. The summed E-state index contributed by atoms with van der Waals surface area (Å²) in [5.41, 5.74) is 6.28. The summed E-state index contributed by atoms with van der Waals surface area (Å²) in [6.07, 6.45) is 6.19. The molecule has 0 aromatic heterocycles. The Labute approximate surface area is 117 Å². The maximum atomic E-state index is 11.6. The lowest BCUT2D eigenvalue weighted by atomic mass is 10.1. The lowest BCUT2D eigenvalue weighted by Crippen LogP contribution is -2.46. The number of aliphatic carboxylic acids is 1. The second-order valence-electron chi connectivity index (χ2n) is 4.80. The van der Waals surface area contributed by atoms with Crippen molar-refractivity contribution >= 4 is 17.9 Å². The molecular formula is C13H21N3O4. The van der Waals surface area contributed by atoms with E-state index in [1.165, 1.54) is 5.57 Å². The molecule has 5 N–H and O–H groups in total. The zero-order valence-corrected chi connectivity index (χ0v) is 11.4. The molecular weight excluding hydrogens is 262 g/mol. The second-order valence-corrected chi connectivity index (χ2v) is 4.80. The first-order valence-corrected chi connectivity index (χ1v) is 6.72. The Balaban J connectivity index is 2.26. The average molecular weight is 283 g/mol. The SMILES string of the molecule is NC(=O)CC[C@@H](NC(=O)NCCC1=CCCC1)C(=O)O. The summed E-state index contributed by atoms with van der Waals surface area (Å²) in [6.45, 7) is 0.472. The minimum atomic E-state index is -1.18. The zero-order valence-electron chi connectivity index (χ0n) is 11.4. The van der Waals surface area contributed by atoms with E-state index in [0.29, 0.717) is 6.54 Å². The molecule has 0 unspecified atom stereocenters. The number of carbonyl (C=O) groups excluding carboxylic acids is 2. The Morgan fingerprint density at radius 2 is 2.15 bits per heavy atom. The van der Waals surface area contributed by atoms with Gasteiger partial charge in [-0.25, -0.2) is 9.59 Å². The van der Waals surface area contributed by atoms with Crippen LogP contribution in [0.5, 0.6) is 0 Å². The number of urea groups is 1. The van der Waals surface area contributed by atoms with Crippen molar-refractivity contribution in [3.05, 3.63) is 11.6 Å². The van der Waals surface area contributed by atoms with Crippen LogP contribution < -0.4 is 16.4 Å². The van der Waals surface area contributed by atoms with Gasteiger partial charge in [0.1, 0.15) is 6.04 Å². The molecule has 0 saturated carbocycles. The highest BCUT2D eigenvalue weighted by Crippen LogP contribution is 2.19. The number of rotatable bonds is 8.